The summed E-state index contributed by atoms with van der Waals surface area (Å²) < 4.78 is 0. The lowest BCUT2D eigenvalue weighted by Crippen LogP contribution is -2.44. The Morgan fingerprint density at radius 2 is 1.76 bits per heavy atom. The maximum atomic E-state index is 12.5. The largest absolute Gasteiger partial charge is 0.478 e. The van der Waals surface area contributed by atoms with Crippen molar-refractivity contribution in [3.63, 3.8) is 0 Å². The Hall–Kier alpha value is -1.84. The number of hydrogen-bond acceptors (Lipinski definition) is 2. The van der Waals surface area contributed by atoms with E-state index in [2.05, 4.69) is 20.8 Å². The molecule has 0 unspecified atom stereocenters. The van der Waals surface area contributed by atoms with Crippen LogP contribution in [0.3, 0.4) is 0 Å². The summed E-state index contributed by atoms with van der Waals surface area (Å²) in [6, 6.07) is 6.27. The van der Waals surface area contributed by atoms with Crippen molar-refractivity contribution in [1.82, 2.24) is 4.90 Å². The molecule has 1 aliphatic rings. The van der Waals surface area contributed by atoms with Gasteiger partial charge in [-0.3, -0.25) is 4.79 Å². The Kier molecular flexibility index (Phi) is 4.35. The number of carbonyl (C=O) groups is 2. The number of carboxylic acid groups (broad SMARTS) is 1. The van der Waals surface area contributed by atoms with Crippen molar-refractivity contribution in [2.24, 2.45) is 11.3 Å². The van der Waals surface area contributed by atoms with E-state index in [4.69, 9.17) is 5.11 Å². The summed E-state index contributed by atoms with van der Waals surface area (Å²) in [7, 11) is 0. The van der Waals surface area contributed by atoms with Gasteiger partial charge in [0.25, 0.3) is 5.91 Å². The van der Waals surface area contributed by atoms with Gasteiger partial charge in [0.15, 0.2) is 0 Å². The highest BCUT2D eigenvalue weighted by Crippen LogP contribution is 2.38. The van der Waals surface area contributed by atoms with Crippen LogP contribution >= 0.6 is 0 Å². The third-order valence-corrected chi connectivity index (χ3v) is 4.94. The van der Waals surface area contributed by atoms with Crippen LogP contribution < -0.4 is 0 Å². The van der Waals surface area contributed by atoms with Gasteiger partial charge < -0.3 is 10.0 Å². The number of aromatic carboxylic acids is 1. The molecule has 0 aromatic heterocycles. The molecule has 0 spiro atoms. The van der Waals surface area contributed by atoms with Crippen molar-refractivity contribution < 1.29 is 14.7 Å². The van der Waals surface area contributed by atoms with E-state index in [1.807, 2.05) is 4.90 Å². The zero-order valence-corrected chi connectivity index (χ0v) is 12.9. The second-order valence-corrected chi connectivity index (χ2v) is 6.49. The van der Waals surface area contributed by atoms with Crippen LogP contribution in [0.25, 0.3) is 0 Å². The molecule has 0 aliphatic carbocycles. The van der Waals surface area contributed by atoms with Crippen LogP contribution in [-0.4, -0.2) is 35.0 Å². The number of carboxylic acids is 1. The van der Waals surface area contributed by atoms with E-state index in [1.165, 1.54) is 12.1 Å². The minimum Gasteiger partial charge on any atom is -0.478 e. The van der Waals surface area contributed by atoms with Crippen LogP contribution in [0.4, 0.5) is 0 Å². The maximum Gasteiger partial charge on any atom is 0.335 e. The lowest BCUT2D eigenvalue weighted by molar-refractivity contribution is 0.0508. The first kappa shape index (κ1) is 15.5. The van der Waals surface area contributed by atoms with E-state index < -0.39 is 5.97 Å². The average Bonchev–Trinajstić information content (AvgIpc) is 2.47. The van der Waals surface area contributed by atoms with Crippen molar-refractivity contribution >= 4 is 11.9 Å². The fourth-order valence-corrected chi connectivity index (χ4v) is 2.77. The highest BCUT2D eigenvalue weighted by molar-refractivity contribution is 5.97. The molecule has 1 saturated heterocycles. The van der Waals surface area contributed by atoms with E-state index >= 15 is 0 Å². The molecular weight excluding hydrogens is 266 g/mol. The van der Waals surface area contributed by atoms with Crippen LogP contribution in [0.2, 0.25) is 0 Å². The number of likely N-dealkylation sites (tertiary alicyclic amines) is 1. The van der Waals surface area contributed by atoms with Gasteiger partial charge in [0.1, 0.15) is 0 Å². The molecule has 0 atom stereocenters. The van der Waals surface area contributed by atoms with Crippen LogP contribution in [0.15, 0.2) is 24.3 Å². The Balaban J connectivity index is 2.09. The monoisotopic (exact) mass is 289 g/mol. The zero-order valence-electron chi connectivity index (χ0n) is 12.9. The first-order chi connectivity index (χ1) is 9.83. The number of hydrogen-bond donors (Lipinski definition) is 1. The Morgan fingerprint density at radius 3 is 2.29 bits per heavy atom. The van der Waals surface area contributed by atoms with Gasteiger partial charge in [-0.1, -0.05) is 26.8 Å². The van der Waals surface area contributed by atoms with E-state index in [0.717, 1.165) is 25.9 Å². The van der Waals surface area contributed by atoms with Crippen LogP contribution in [0.1, 0.15) is 54.3 Å². The molecule has 0 radical (unpaired) electrons. The summed E-state index contributed by atoms with van der Waals surface area (Å²) in [4.78, 5) is 25.3. The number of piperidine rings is 1. The van der Waals surface area contributed by atoms with E-state index in [0.29, 0.717) is 16.9 Å². The normalized spacial score (nSPS) is 17.8. The highest BCUT2D eigenvalue weighted by atomic mass is 16.4. The third kappa shape index (κ3) is 3.26. The molecule has 114 valence electrons. The van der Waals surface area contributed by atoms with Crippen molar-refractivity contribution in [2.45, 2.75) is 33.6 Å². The average molecular weight is 289 g/mol. The summed E-state index contributed by atoms with van der Waals surface area (Å²) in [5.41, 5.74) is 0.910. The van der Waals surface area contributed by atoms with Gasteiger partial charge in [-0.15, -0.1) is 0 Å². The Bertz CT molecular complexity index is 543. The molecule has 1 aromatic rings. The molecule has 0 saturated carbocycles. The molecule has 1 heterocycles. The molecule has 1 amide bonds. The predicted octanol–water partition coefficient (Wildman–Crippen LogP) is 3.28. The van der Waals surface area contributed by atoms with E-state index in [1.54, 1.807) is 12.1 Å². The predicted molar refractivity (Wildman–Crippen MR) is 81.5 cm³/mol. The first-order valence-electron chi connectivity index (χ1n) is 7.46. The number of benzene rings is 1. The number of carbonyl (C=O) groups excluding carboxylic acids is 1. The summed E-state index contributed by atoms with van der Waals surface area (Å²) in [6.45, 7) is 8.22. The molecular formula is C17H23NO3. The molecule has 1 aliphatic heterocycles. The molecule has 4 heteroatoms. The number of rotatable bonds is 3. The zero-order chi connectivity index (χ0) is 15.6. The van der Waals surface area contributed by atoms with Gasteiger partial charge in [-0.25, -0.2) is 4.79 Å². The number of nitrogens with zero attached hydrogens (tertiary/aromatic N) is 1. The van der Waals surface area contributed by atoms with Crippen LogP contribution in [-0.2, 0) is 0 Å². The Morgan fingerprint density at radius 1 is 1.19 bits per heavy atom. The molecule has 2 rings (SSSR count). The standard InChI is InChI=1S/C17H23NO3/c1-12(2)17(3)7-9-18(10-8-17)15(19)13-5-4-6-14(11-13)16(20)21/h4-6,11-12H,7-10H2,1-3H3,(H,20,21). The van der Waals surface area contributed by atoms with Crippen LogP contribution in [0, 0.1) is 11.3 Å². The fraction of sp³-hybridized carbons (Fsp3) is 0.529. The molecule has 1 aromatic carbocycles. The van der Waals surface area contributed by atoms with Crippen molar-refractivity contribution in [3.05, 3.63) is 35.4 Å². The van der Waals surface area contributed by atoms with Crippen LogP contribution in [0.5, 0.6) is 0 Å². The maximum absolute atomic E-state index is 12.5. The van der Waals surface area contributed by atoms with E-state index in [9.17, 15) is 9.59 Å². The quantitative estimate of drug-likeness (QED) is 0.929. The SMILES string of the molecule is CC(C)C1(C)CCN(C(=O)c2cccc(C(=O)O)c2)CC1. The minimum absolute atomic E-state index is 0.0658. The van der Waals surface area contributed by atoms with Crippen molar-refractivity contribution in [3.8, 4) is 0 Å². The third-order valence-electron chi connectivity index (χ3n) is 4.94. The second-order valence-electron chi connectivity index (χ2n) is 6.49. The molecule has 1 fully saturated rings. The first-order valence-corrected chi connectivity index (χ1v) is 7.46. The molecule has 0 bridgehead atoms. The lowest BCUT2D eigenvalue weighted by Gasteiger charge is -2.42. The summed E-state index contributed by atoms with van der Waals surface area (Å²) in [5.74, 6) is -0.468. The molecule has 4 nitrogen and oxygen atoms in total. The van der Waals surface area contributed by atoms with Gasteiger partial charge in [-0.2, -0.15) is 0 Å². The van der Waals surface area contributed by atoms with Gasteiger partial charge in [0.05, 0.1) is 5.56 Å². The smallest absolute Gasteiger partial charge is 0.335 e. The minimum atomic E-state index is -1.00. The van der Waals surface area contributed by atoms with Gasteiger partial charge in [0, 0.05) is 18.7 Å². The number of amides is 1. The second kappa shape index (κ2) is 5.88. The summed E-state index contributed by atoms with van der Waals surface area (Å²) in [6.07, 6.45) is 1.99. The van der Waals surface area contributed by atoms with Gasteiger partial charge in [0.2, 0.25) is 0 Å². The van der Waals surface area contributed by atoms with Gasteiger partial charge in [-0.05, 0) is 42.4 Å². The summed E-state index contributed by atoms with van der Waals surface area (Å²) >= 11 is 0. The molecule has 1 N–H and O–H groups in total. The van der Waals surface area contributed by atoms with Crippen molar-refractivity contribution in [2.75, 3.05) is 13.1 Å². The van der Waals surface area contributed by atoms with Gasteiger partial charge >= 0.3 is 5.97 Å². The highest BCUT2D eigenvalue weighted by Gasteiger charge is 2.34. The van der Waals surface area contributed by atoms with E-state index in [-0.39, 0.29) is 11.5 Å². The molecule has 21 heavy (non-hydrogen) atoms. The topological polar surface area (TPSA) is 57.6 Å². The fourth-order valence-electron chi connectivity index (χ4n) is 2.77. The van der Waals surface area contributed by atoms with Crippen molar-refractivity contribution in [1.29, 1.82) is 0 Å². The summed E-state index contributed by atoms with van der Waals surface area (Å²) in [5, 5.41) is 9.01. The Labute approximate surface area is 125 Å². The lowest BCUT2D eigenvalue weighted by atomic mass is 9.72.